The molecule has 0 unspecified atom stereocenters. The molecule has 0 bridgehead atoms. The number of rotatable bonds is 7. The lowest BCUT2D eigenvalue weighted by molar-refractivity contribution is -0.134. The normalized spacial score (nSPS) is 15.4. The van der Waals surface area contributed by atoms with E-state index in [0.717, 1.165) is 19.3 Å². The first-order valence-electron chi connectivity index (χ1n) is 9.37. The van der Waals surface area contributed by atoms with Crippen LogP contribution in [-0.4, -0.2) is 62.3 Å². The molecule has 1 aliphatic rings. The maximum atomic E-state index is 12.9. The molecule has 150 valence electrons. The highest BCUT2D eigenvalue weighted by Gasteiger charge is 2.28. The van der Waals surface area contributed by atoms with Gasteiger partial charge >= 0.3 is 5.97 Å². The lowest BCUT2D eigenvalue weighted by Crippen LogP contribution is -2.36. The molecule has 0 aliphatic carbocycles. The van der Waals surface area contributed by atoms with Crippen LogP contribution < -0.4 is 0 Å². The molecular formula is C19H28N2O5S. The van der Waals surface area contributed by atoms with Crippen LogP contribution in [0.2, 0.25) is 0 Å². The van der Waals surface area contributed by atoms with E-state index in [-0.39, 0.29) is 23.0 Å². The summed E-state index contributed by atoms with van der Waals surface area (Å²) >= 11 is 0. The number of ether oxygens (including phenoxy) is 1. The minimum Gasteiger partial charge on any atom is -0.452 e. The Bertz CT molecular complexity index is 781. The predicted octanol–water partition coefficient (Wildman–Crippen LogP) is 2.19. The van der Waals surface area contributed by atoms with Gasteiger partial charge in [0.1, 0.15) is 0 Å². The minimum atomic E-state index is -3.65. The number of hydrogen-bond acceptors (Lipinski definition) is 5. The maximum absolute atomic E-state index is 12.9. The fourth-order valence-corrected chi connectivity index (χ4v) is 4.90. The maximum Gasteiger partial charge on any atom is 0.338 e. The molecule has 8 heteroatoms. The van der Waals surface area contributed by atoms with E-state index in [1.807, 2.05) is 13.8 Å². The second kappa shape index (κ2) is 9.32. The second-order valence-electron chi connectivity index (χ2n) is 6.59. The van der Waals surface area contributed by atoms with Crippen molar-refractivity contribution in [3.63, 3.8) is 0 Å². The number of esters is 1. The van der Waals surface area contributed by atoms with Gasteiger partial charge in [0, 0.05) is 26.2 Å². The number of amides is 1. The summed E-state index contributed by atoms with van der Waals surface area (Å²) in [6.07, 6.45) is 2.71. The molecule has 1 fully saturated rings. The summed E-state index contributed by atoms with van der Waals surface area (Å²) < 4.78 is 32.4. The molecule has 0 saturated carbocycles. The Kier molecular flexibility index (Phi) is 7.38. The second-order valence-corrected chi connectivity index (χ2v) is 8.49. The number of nitrogens with zero attached hydrogens (tertiary/aromatic N) is 2. The van der Waals surface area contributed by atoms with E-state index < -0.39 is 16.0 Å². The minimum absolute atomic E-state index is 0.119. The summed E-state index contributed by atoms with van der Waals surface area (Å²) in [5.74, 6) is -0.979. The third kappa shape index (κ3) is 5.07. The number of carbonyl (C=O) groups is 2. The number of carbonyl (C=O) groups excluding carboxylic acids is 2. The molecule has 1 amide bonds. The molecular weight excluding hydrogens is 368 g/mol. The number of likely N-dealkylation sites (N-methyl/N-ethyl adjacent to an activating group) is 1. The van der Waals surface area contributed by atoms with Gasteiger partial charge in [-0.15, -0.1) is 0 Å². The Morgan fingerprint density at radius 1 is 1.11 bits per heavy atom. The molecule has 0 aromatic heterocycles. The largest absolute Gasteiger partial charge is 0.452 e. The topological polar surface area (TPSA) is 84.0 Å². The van der Waals surface area contributed by atoms with Crippen LogP contribution in [0.1, 0.15) is 49.0 Å². The summed E-state index contributed by atoms with van der Waals surface area (Å²) in [6, 6.07) is 4.47. The van der Waals surface area contributed by atoms with Crippen molar-refractivity contribution in [3.8, 4) is 0 Å². The van der Waals surface area contributed by atoms with Gasteiger partial charge in [-0.2, -0.15) is 4.31 Å². The van der Waals surface area contributed by atoms with Gasteiger partial charge in [0.25, 0.3) is 5.91 Å². The Morgan fingerprint density at radius 2 is 1.74 bits per heavy atom. The zero-order valence-corrected chi connectivity index (χ0v) is 17.0. The van der Waals surface area contributed by atoms with Gasteiger partial charge in [0.05, 0.1) is 10.5 Å². The summed E-state index contributed by atoms with van der Waals surface area (Å²) in [5, 5.41) is 0. The number of aryl methyl sites for hydroxylation is 1. The van der Waals surface area contributed by atoms with Crippen molar-refractivity contribution in [2.24, 2.45) is 0 Å². The van der Waals surface area contributed by atoms with Crippen LogP contribution in [0.3, 0.4) is 0 Å². The van der Waals surface area contributed by atoms with Crippen molar-refractivity contribution in [2.75, 3.05) is 32.8 Å². The van der Waals surface area contributed by atoms with Gasteiger partial charge in [0.2, 0.25) is 10.0 Å². The van der Waals surface area contributed by atoms with Crippen molar-refractivity contribution >= 4 is 21.9 Å². The molecule has 1 saturated heterocycles. The Morgan fingerprint density at radius 3 is 2.33 bits per heavy atom. The Balaban J connectivity index is 2.16. The smallest absolute Gasteiger partial charge is 0.338 e. The van der Waals surface area contributed by atoms with Crippen LogP contribution in [-0.2, 0) is 19.6 Å². The third-order valence-corrected chi connectivity index (χ3v) is 6.84. The highest BCUT2D eigenvalue weighted by Crippen LogP contribution is 2.24. The average Bonchev–Trinajstić information content (AvgIpc) is 2.68. The van der Waals surface area contributed by atoms with Gasteiger partial charge in [-0.1, -0.05) is 12.5 Å². The van der Waals surface area contributed by atoms with E-state index in [0.29, 0.717) is 31.7 Å². The fourth-order valence-electron chi connectivity index (χ4n) is 3.13. The zero-order chi connectivity index (χ0) is 20.0. The van der Waals surface area contributed by atoms with Gasteiger partial charge < -0.3 is 9.64 Å². The van der Waals surface area contributed by atoms with Crippen molar-refractivity contribution < 1.29 is 22.7 Å². The molecule has 0 radical (unpaired) electrons. The van der Waals surface area contributed by atoms with E-state index in [4.69, 9.17) is 4.74 Å². The zero-order valence-electron chi connectivity index (χ0n) is 16.2. The van der Waals surface area contributed by atoms with Crippen molar-refractivity contribution in [3.05, 3.63) is 29.3 Å². The van der Waals surface area contributed by atoms with Crippen LogP contribution in [0.25, 0.3) is 0 Å². The van der Waals surface area contributed by atoms with Crippen LogP contribution in [0.15, 0.2) is 23.1 Å². The van der Waals surface area contributed by atoms with E-state index in [2.05, 4.69) is 0 Å². The van der Waals surface area contributed by atoms with Gasteiger partial charge in [-0.25, -0.2) is 13.2 Å². The SMILES string of the molecule is CCN(CC)C(=O)COC(=O)c1ccc(C)c(S(=O)(=O)N2CCCCC2)c1. The first-order valence-corrected chi connectivity index (χ1v) is 10.8. The van der Waals surface area contributed by atoms with Crippen molar-refractivity contribution in [2.45, 2.75) is 44.9 Å². The molecule has 1 aromatic rings. The first-order chi connectivity index (χ1) is 12.8. The van der Waals surface area contributed by atoms with Crippen molar-refractivity contribution in [1.29, 1.82) is 0 Å². The first kappa shape index (κ1) is 21.4. The van der Waals surface area contributed by atoms with Crippen LogP contribution >= 0.6 is 0 Å². The summed E-state index contributed by atoms with van der Waals surface area (Å²) in [6.45, 7) is 7.11. The number of benzene rings is 1. The molecule has 0 N–H and O–H groups in total. The molecule has 2 rings (SSSR count). The van der Waals surface area contributed by atoms with Gasteiger partial charge in [-0.3, -0.25) is 4.79 Å². The highest BCUT2D eigenvalue weighted by atomic mass is 32.2. The van der Waals surface area contributed by atoms with E-state index >= 15 is 0 Å². The number of hydrogen-bond donors (Lipinski definition) is 0. The van der Waals surface area contributed by atoms with Crippen LogP contribution in [0, 0.1) is 6.92 Å². The monoisotopic (exact) mass is 396 g/mol. The number of sulfonamides is 1. The standard InChI is InChI=1S/C19H28N2O5S/c1-4-20(5-2)18(22)14-26-19(23)16-10-9-15(3)17(13-16)27(24,25)21-11-7-6-8-12-21/h9-10,13H,4-8,11-12,14H2,1-3H3. The molecule has 1 aliphatic heterocycles. The third-order valence-electron chi connectivity index (χ3n) is 4.80. The molecule has 7 nitrogen and oxygen atoms in total. The summed E-state index contributed by atoms with van der Waals surface area (Å²) in [4.78, 5) is 26.0. The van der Waals surface area contributed by atoms with E-state index in [9.17, 15) is 18.0 Å². The molecule has 1 aromatic carbocycles. The van der Waals surface area contributed by atoms with Gasteiger partial charge in [0.15, 0.2) is 6.61 Å². The quantitative estimate of drug-likeness (QED) is 0.660. The fraction of sp³-hybridized carbons (Fsp3) is 0.579. The lowest BCUT2D eigenvalue weighted by atomic mass is 10.1. The summed E-state index contributed by atoms with van der Waals surface area (Å²) in [7, 11) is -3.65. The molecule has 1 heterocycles. The van der Waals surface area contributed by atoms with Crippen LogP contribution in [0.5, 0.6) is 0 Å². The van der Waals surface area contributed by atoms with E-state index in [1.165, 1.54) is 16.4 Å². The Labute approximate surface area is 161 Å². The predicted molar refractivity (Wildman–Crippen MR) is 102 cm³/mol. The molecule has 27 heavy (non-hydrogen) atoms. The molecule has 0 spiro atoms. The summed E-state index contributed by atoms with van der Waals surface area (Å²) in [5.41, 5.74) is 0.708. The number of piperidine rings is 1. The lowest BCUT2D eigenvalue weighted by Gasteiger charge is -2.26. The highest BCUT2D eigenvalue weighted by molar-refractivity contribution is 7.89. The molecule has 0 atom stereocenters. The van der Waals surface area contributed by atoms with Gasteiger partial charge in [-0.05, 0) is 51.3 Å². The van der Waals surface area contributed by atoms with E-state index in [1.54, 1.807) is 17.9 Å². The Hall–Kier alpha value is -1.93. The van der Waals surface area contributed by atoms with Crippen LogP contribution in [0.4, 0.5) is 0 Å². The van der Waals surface area contributed by atoms with Crippen molar-refractivity contribution in [1.82, 2.24) is 9.21 Å². The average molecular weight is 397 g/mol.